The van der Waals surface area contributed by atoms with Crippen molar-refractivity contribution in [3.05, 3.63) is 54.2 Å². The Labute approximate surface area is 142 Å². The Kier molecular flexibility index (Phi) is 3.83. The molecule has 5 nitrogen and oxygen atoms in total. The summed E-state index contributed by atoms with van der Waals surface area (Å²) in [6, 6.07) is 9.35. The van der Waals surface area contributed by atoms with Crippen LogP contribution in [0.1, 0.15) is 6.42 Å². The number of amides is 1. The summed E-state index contributed by atoms with van der Waals surface area (Å²) in [7, 11) is 0. The Balaban J connectivity index is 1.43. The maximum atomic E-state index is 13.4. The van der Waals surface area contributed by atoms with E-state index in [4.69, 9.17) is 0 Å². The van der Waals surface area contributed by atoms with Crippen LogP contribution >= 0.6 is 0 Å². The standard InChI is InChI=1S/C18H16F2N4O/c19-15-3-2-14(8-16(15)20)24-6-5-11(10-24)18(25)22-13-1-4-17-12(7-13)9-21-23-17/h1-4,7-9,11H,5-6,10H2,(H,21,23)(H,22,25). The Hall–Kier alpha value is -2.96. The van der Waals surface area contributed by atoms with Gasteiger partial charge in [-0.2, -0.15) is 5.10 Å². The topological polar surface area (TPSA) is 61.0 Å². The van der Waals surface area contributed by atoms with Crippen molar-refractivity contribution in [2.24, 2.45) is 5.92 Å². The molecule has 1 amide bonds. The number of aromatic amines is 1. The van der Waals surface area contributed by atoms with Crippen LogP contribution in [-0.4, -0.2) is 29.2 Å². The Morgan fingerprint density at radius 1 is 1.20 bits per heavy atom. The minimum absolute atomic E-state index is 0.0760. The van der Waals surface area contributed by atoms with Crippen molar-refractivity contribution >= 4 is 28.2 Å². The second kappa shape index (κ2) is 6.16. The van der Waals surface area contributed by atoms with Crippen molar-refractivity contribution in [2.45, 2.75) is 6.42 Å². The van der Waals surface area contributed by atoms with Gasteiger partial charge in [0, 0.05) is 35.9 Å². The van der Waals surface area contributed by atoms with E-state index in [1.54, 1.807) is 6.20 Å². The molecule has 0 radical (unpaired) electrons. The van der Waals surface area contributed by atoms with Crippen molar-refractivity contribution in [2.75, 3.05) is 23.3 Å². The lowest BCUT2D eigenvalue weighted by Gasteiger charge is -2.18. The van der Waals surface area contributed by atoms with Crippen LogP contribution in [0, 0.1) is 17.6 Å². The smallest absolute Gasteiger partial charge is 0.229 e. The van der Waals surface area contributed by atoms with Gasteiger partial charge in [0.05, 0.1) is 17.6 Å². The first kappa shape index (κ1) is 15.6. The van der Waals surface area contributed by atoms with E-state index < -0.39 is 11.6 Å². The first-order chi connectivity index (χ1) is 12.1. The first-order valence-corrected chi connectivity index (χ1v) is 8.04. The molecule has 1 atom stereocenters. The average molecular weight is 342 g/mol. The van der Waals surface area contributed by atoms with E-state index in [0.717, 1.165) is 17.0 Å². The normalized spacial score (nSPS) is 17.2. The van der Waals surface area contributed by atoms with Crippen LogP contribution in [0.15, 0.2) is 42.6 Å². The number of carbonyl (C=O) groups is 1. The lowest BCUT2D eigenvalue weighted by atomic mass is 10.1. The third-order valence-corrected chi connectivity index (χ3v) is 4.54. The van der Waals surface area contributed by atoms with Gasteiger partial charge in [-0.15, -0.1) is 0 Å². The quantitative estimate of drug-likeness (QED) is 0.768. The summed E-state index contributed by atoms with van der Waals surface area (Å²) in [5, 5.41) is 10.7. The Morgan fingerprint density at radius 2 is 2.08 bits per heavy atom. The number of nitrogens with one attached hydrogen (secondary N) is 2. The number of benzene rings is 2. The van der Waals surface area contributed by atoms with Gasteiger partial charge in [0.15, 0.2) is 11.6 Å². The van der Waals surface area contributed by atoms with E-state index in [1.165, 1.54) is 12.1 Å². The summed E-state index contributed by atoms with van der Waals surface area (Å²) < 4.78 is 26.4. The third kappa shape index (κ3) is 3.05. The maximum Gasteiger partial charge on any atom is 0.229 e. The molecule has 7 heteroatoms. The summed E-state index contributed by atoms with van der Waals surface area (Å²) in [5.74, 6) is -2.02. The average Bonchev–Trinajstić information content (AvgIpc) is 3.26. The zero-order valence-electron chi connectivity index (χ0n) is 13.3. The Morgan fingerprint density at radius 3 is 2.92 bits per heavy atom. The highest BCUT2D eigenvalue weighted by atomic mass is 19.2. The molecule has 0 spiro atoms. The molecule has 1 aliphatic heterocycles. The van der Waals surface area contributed by atoms with Crippen molar-refractivity contribution in [3.63, 3.8) is 0 Å². The fourth-order valence-corrected chi connectivity index (χ4v) is 3.16. The van der Waals surface area contributed by atoms with Crippen LogP contribution in [0.2, 0.25) is 0 Å². The molecule has 0 saturated carbocycles. The molecule has 1 aliphatic rings. The zero-order valence-corrected chi connectivity index (χ0v) is 13.3. The molecule has 0 bridgehead atoms. The van der Waals surface area contributed by atoms with Gasteiger partial charge in [0.25, 0.3) is 0 Å². The van der Waals surface area contributed by atoms with Crippen molar-refractivity contribution in [1.29, 1.82) is 0 Å². The second-order valence-electron chi connectivity index (χ2n) is 6.19. The van der Waals surface area contributed by atoms with Crippen LogP contribution in [0.5, 0.6) is 0 Å². The predicted octanol–water partition coefficient (Wildman–Crippen LogP) is 3.31. The third-order valence-electron chi connectivity index (χ3n) is 4.54. The number of H-pyrrole nitrogens is 1. The predicted molar refractivity (Wildman–Crippen MR) is 91.4 cm³/mol. The maximum absolute atomic E-state index is 13.4. The van der Waals surface area contributed by atoms with Crippen LogP contribution < -0.4 is 10.2 Å². The van der Waals surface area contributed by atoms with E-state index in [-0.39, 0.29) is 11.8 Å². The summed E-state index contributed by atoms with van der Waals surface area (Å²) in [5.41, 5.74) is 2.21. The number of nitrogens with zero attached hydrogens (tertiary/aromatic N) is 2. The van der Waals surface area contributed by atoms with Crippen molar-refractivity contribution in [3.8, 4) is 0 Å². The van der Waals surface area contributed by atoms with Crippen LogP contribution in [0.25, 0.3) is 10.9 Å². The lowest BCUT2D eigenvalue weighted by molar-refractivity contribution is -0.119. The molecule has 128 valence electrons. The number of fused-ring (bicyclic) bond motifs is 1. The number of aromatic nitrogens is 2. The summed E-state index contributed by atoms with van der Waals surface area (Å²) in [6.07, 6.45) is 2.37. The number of halogens is 2. The number of hydrogen-bond acceptors (Lipinski definition) is 3. The van der Waals surface area contributed by atoms with E-state index in [2.05, 4.69) is 15.5 Å². The number of hydrogen-bond donors (Lipinski definition) is 2. The molecule has 2 heterocycles. The fraction of sp³-hybridized carbons (Fsp3) is 0.222. The molecule has 2 aromatic carbocycles. The largest absolute Gasteiger partial charge is 0.371 e. The number of rotatable bonds is 3. The second-order valence-corrected chi connectivity index (χ2v) is 6.19. The summed E-state index contributed by atoms with van der Waals surface area (Å²) in [4.78, 5) is 14.4. The molecule has 2 N–H and O–H groups in total. The Bertz CT molecular complexity index is 940. The minimum atomic E-state index is -0.876. The molecule has 1 fully saturated rings. The van der Waals surface area contributed by atoms with E-state index in [1.807, 2.05) is 23.1 Å². The molecule has 1 saturated heterocycles. The molecule has 1 aromatic heterocycles. The van der Waals surface area contributed by atoms with Gasteiger partial charge >= 0.3 is 0 Å². The van der Waals surface area contributed by atoms with Crippen LogP contribution in [0.3, 0.4) is 0 Å². The van der Waals surface area contributed by atoms with Gasteiger partial charge in [-0.25, -0.2) is 8.78 Å². The molecular formula is C18H16F2N4O. The molecule has 0 aliphatic carbocycles. The minimum Gasteiger partial charge on any atom is -0.371 e. The molecule has 3 aromatic rings. The lowest BCUT2D eigenvalue weighted by Crippen LogP contribution is -2.27. The van der Waals surface area contributed by atoms with Gasteiger partial charge in [-0.3, -0.25) is 9.89 Å². The van der Waals surface area contributed by atoms with Crippen molar-refractivity contribution < 1.29 is 13.6 Å². The van der Waals surface area contributed by atoms with Crippen LogP contribution in [-0.2, 0) is 4.79 Å². The monoisotopic (exact) mass is 342 g/mol. The van der Waals surface area contributed by atoms with Gasteiger partial charge < -0.3 is 10.2 Å². The molecule has 25 heavy (non-hydrogen) atoms. The van der Waals surface area contributed by atoms with Gasteiger partial charge in [-0.1, -0.05) is 0 Å². The fourth-order valence-electron chi connectivity index (χ4n) is 3.16. The zero-order chi connectivity index (χ0) is 17.4. The van der Waals surface area contributed by atoms with E-state index >= 15 is 0 Å². The highest BCUT2D eigenvalue weighted by Crippen LogP contribution is 2.26. The van der Waals surface area contributed by atoms with E-state index in [9.17, 15) is 13.6 Å². The summed E-state index contributed by atoms with van der Waals surface area (Å²) >= 11 is 0. The van der Waals surface area contributed by atoms with Crippen LogP contribution in [0.4, 0.5) is 20.2 Å². The number of carbonyl (C=O) groups excluding carboxylic acids is 1. The van der Waals surface area contributed by atoms with Crippen molar-refractivity contribution in [1.82, 2.24) is 10.2 Å². The van der Waals surface area contributed by atoms with E-state index in [0.29, 0.717) is 30.9 Å². The van der Waals surface area contributed by atoms with Gasteiger partial charge in [-0.05, 0) is 36.8 Å². The molecule has 1 unspecified atom stereocenters. The summed E-state index contributed by atoms with van der Waals surface area (Å²) in [6.45, 7) is 1.11. The van der Waals surface area contributed by atoms with Gasteiger partial charge in [0.2, 0.25) is 5.91 Å². The first-order valence-electron chi connectivity index (χ1n) is 8.04. The molecule has 4 rings (SSSR count). The highest BCUT2D eigenvalue weighted by Gasteiger charge is 2.29. The highest BCUT2D eigenvalue weighted by molar-refractivity contribution is 5.95. The number of anilines is 2. The van der Waals surface area contributed by atoms with Gasteiger partial charge in [0.1, 0.15) is 0 Å². The molecular weight excluding hydrogens is 326 g/mol. The SMILES string of the molecule is O=C(Nc1ccc2[nH]ncc2c1)C1CCN(c2ccc(F)c(F)c2)C1.